The van der Waals surface area contributed by atoms with E-state index >= 15 is 0 Å². The van der Waals surface area contributed by atoms with E-state index in [1.54, 1.807) is 22.7 Å². The number of carbonyl (C=O) groups is 2. The molecule has 3 rings (SSSR count). The lowest BCUT2D eigenvalue weighted by molar-refractivity contribution is -0.121. The van der Waals surface area contributed by atoms with E-state index in [9.17, 15) is 9.59 Å². The van der Waals surface area contributed by atoms with Crippen molar-refractivity contribution in [3.05, 3.63) is 52.5 Å². The Bertz CT molecular complexity index is 1210. The van der Waals surface area contributed by atoms with Gasteiger partial charge in [0.05, 0.1) is 19.9 Å². The zero-order chi connectivity index (χ0) is 23.3. The second-order valence-electron chi connectivity index (χ2n) is 6.97. The number of hydrogen-bond acceptors (Lipinski definition) is 7. The van der Waals surface area contributed by atoms with Crippen LogP contribution in [-0.2, 0) is 11.2 Å². The summed E-state index contributed by atoms with van der Waals surface area (Å²) >= 11 is 0. The molecule has 32 heavy (non-hydrogen) atoms. The first-order chi connectivity index (χ1) is 15.4. The Labute approximate surface area is 185 Å². The summed E-state index contributed by atoms with van der Waals surface area (Å²) in [5, 5.41) is 13.4. The van der Waals surface area contributed by atoms with Crippen molar-refractivity contribution in [2.24, 2.45) is 0 Å². The molecule has 0 saturated carbocycles. The highest BCUT2D eigenvalue weighted by atomic mass is 16.5. The van der Waals surface area contributed by atoms with Gasteiger partial charge in [-0.05, 0) is 51.0 Å². The van der Waals surface area contributed by atoms with E-state index in [0.717, 1.165) is 17.0 Å². The van der Waals surface area contributed by atoms with E-state index in [0.29, 0.717) is 41.3 Å². The lowest BCUT2D eigenvalue weighted by Gasteiger charge is -2.13. The molecule has 10 heteroatoms. The number of benzene rings is 1. The number of nitrogens with one attached hydrogen (secondary N) is 2. The van der Waals surface area contributed by atoms with Crippen LogP contribution in [0.5, 0.6) is 11.5 Å². The number of carbonyl (C=O) groups excluding carboxylic acids is 2. The third-order valence-corrected chi connectivity index (χ3v) is 4.97. The average molecular weight is 436 g/mol. The minimum absolute atomic E-state index is 0.133. The Morgan fingerprint density at radius 3 is 2.69 bits per heavy atom. The van der Waals surface area contributed by atoms with Gasteiger partial charge in [0.15, 0.2) is 17.1 Å². The molecule has 0 fully saturated rings. The molecule has 166 valence electrons. The van der Waals surface area contributed by atoms with Crippen molar-refractivity contribution in [2.75, 3.05) is 13.7 Å². The highest BCUT2D eigenvalue weighted by molar-refractivity contribution is 5.96. The Balaban J connectivity index is 1.61. The molecule has 0 radical (unpaired) electrons. The highest BCUT2D eigenvalue weighted by Gasteiger charge is 2.16. The first-order valence-electron chi connectivity index (χ1n) is 10.0. The first-order valence-corrected chi connectivity index (χ1v) is 10.0. The fourth-order valence-corrected chi connectivity index (χ4v) is 3.33. The third-order valence-electron chi connectivity index (χ3n) is 4.97. The molecule has 3 aromatic rings. The van der Waals surface area contributed by atoms with Crippen molar-refractivity contribution in [2.45, 2.75) is 33.6 Å². The maximum absolute atomic E-state index is 12.4. The number of methoxy groups -OCH3 is 1. The van der Waals surface area contributed by atoms with E-state index in [4.69, 9.17) is 14.7 Å². The predicted octanol–water partition coefficient (Wildman–Crippen LogP) is 2.02. The van der Waals surface area contributed by atoms with Crippen LogP contribution in [0.3, 0.4) is 0 Å². The molecule has 0 aliphatic heterocycles. The monoisotopic (exact) mass is 436 g/mol. The van der Waals surface area contributed by atoms with Gasteiger partial charge in [0.25, 0.3) is 5.91 Å². The molecule has 0 saturated heterocycles. The molecule has 0 aliphatic carbocycles. The fraction of sp³-hybridized carbons (Fsp3) is 0.318. The summed E-state index contributed by atoms with van der Waals surface area (Å²) < 4.78 is 12.3. The molecule has 2 N–H and O–H groups in total. The van der Waals surface area contributed by atoms with Crippen LogP contribution >= 0.6 is 0 Å². The van der Waals surface area contributed by atoms with E-state index < -0.39 is 5.91 Å². The van der Waals surface area contributed by atoms with Crippen LogP contribution in [0, 0.1) is 25.2 Å². The van der Waals surface area contributed by atoms with Crippen LogP contribution in [0.4, 0.5) is 0 Å². The van der Waals surface area contributed by atoms with Gasteiger partial charge in [-0.1, -0.05) is 0 Å². The lowest BCUT2D eigenvalue weighted by atomic mass is 10.1. The van der Waals surface area contributed by atoms with Crippen LogP contribution in [-0.4, -0.2) is 40.1 Å². The normalized spacial score (nSPS) is 10.5. The minimum Gasteiger partial charge on any atom is -0.493 e. The van der Waals surface area contributed by atoms with Gasteiger partial charge >= 0.3 is 0 Å². The van der Waals surface area contributed by atoms with Crippen molar-refractivity contribution in [3.63, 3.8) is 0 Å². The molecule has 0 aliphatic rings. The number of hydrogen-bond donors (Lipinski definition) is 2. The molecule has 1 aromatic carbocycles. The van der Waals surface area contributed by atoms with E-state index in [2.05, 4.69) is 27.0 Å². The number of amides is 2. The van der Waals surface area contributed by atoms with Crippen molar-refractivity contribution in [1.29, 1.82) is 5.26 Å². The summed E-state index contributed by atoms with van der Waals surface area (Å²) in [4.78, 5) is 29.1. The molecule has 0 bridgehead atoms. The Morgan fingerprint density at radius 2 is 2.00 bits per heavy atom. The zero-order valence-corrected chi connectivity index (χ0v) is 18.4. The van der Waals surface area contributed by atoms with Crippen molar-refractivity contribution < 1.29 is 19.1 Å². The second-order valence-corrected chi connectivity index (χ2v) is 6.97. The lowest BCUT2D eigenvalue weighted by Crippen LogP contribution is -2.41. The Morgan fingerprint density at radius 1 is 1.22 bits per heavy atom. The molecular formula is C22H24N6O4. The van der Waals surface area contributed by atoms with Crippen molar-refractivity contribution >= 4 is 17.5 Å². The first kappa shape index (κ1) is 22.6. The summed E-state index contributed by atoms with van der Waals surface area (Å²) in [6.45, 7) is 6.02. The summed E-state index contributed by atoms with van der Waals surface area (Å²) in [6.07, 6.45) is 2.01. The van der Waals surface area contributed by atoms with E-state index in [-0.39, 0.29) is 12.3 Å². The number of aromatic nitrogens is 3. The predicted molar refractivity (Wildman–Crippen MR) is 115 cm³/mol. The largest absolute Gasteiger partial charge is 0.493 e. The third kappa shape index (κ3) is 4.62. The minimum atomic E-state index is -0.476. The number of aryl methyl sites for hydroxylation is 2. The molecule has 0 unspecified atom stereocenters. The second kappa shape index (κ2) is 9.78. The van der Waals surface area contributed by atoms with Gasteiger partial charge in [-0.3, -0.25) is 20.4 Å². The summed E-state index contributed by atoms with van der Waals surface area (Å²) in [5.41, 5.74) is 8.44. The number of hydrazine groups is 1. The Hall–Kier alpha value is -4.13. The quantitative estimate of drug-likeness (QED) is 0.542. The summed E-state index contributed by atoms with van der Waals surface area (Å²) in [5.74, 6) is 0.132. The van der Waals surface area contributed by atoms with E-state index in [1.807, 2.05) is 20.8 Å². The van der Waals surface area contributed by atoms with Gasteiger partial charge in [0, 0.05) is 23.4 Å². The molecule has 0 spiro atoms. The van der Waals surface area contributed by atoms with Gasteiger partial charge in [0.1, 0.15) is 11.6 Å². The summed E-state index contributed by atoms with van der Waals surface area (Å²) in [6, 6.07) is 6.83. The molecule has 2 aromatic heterocycles. The average Bonchev–Trinajstić information content (AvgIpc) is 3.20. The number of rotatable bonds is 7. The van der Waals surface area contributed by atoms with Crippen molar-refractivity contribution in [1.82, 2.24) is 25.4 Å². The van der Waals surface area contributed by atoms with Gasteiger partial charge in [-0.15, -0.1) is 0 Å². The zero-order valence-electron chi connectivity index (χ0n) is 18.4. The molecule has 10 nitrogen and oxygen atoms in total. The standard InChI is InChI=1S/C22H24N6O4/c1-5-32-18-8-6-15(10-19(18)31-4)22(30)27-26-20(29)9-7-17-13(2)25-21-16(11-23)12-24-28(21)14(17)3/h6,8,10,12H,5,7,9H2,1-4H3,(H,26,29)(H,27,30). The van der Waals surface area contributed by atoms with Gasteiger partial charge in [0.2, 0.25) is 5.91 Å². The van der Waals surface area contributed by atoms with Crippen LogP contribution < -0.4 is 20.3 Å². The summed E-state index contributed by atoms with van der Waals surface area (Å²) in [7, 11) is 1.49. The van der Waals surface area contributed by atoms with Gasteiger partial charge in [-0.25, -0.2) is 9.50 Å². The molecule has 0 atom stereocenters. The topological polar surface area (TPSA) is 131 Å². The van der Waals surface area contributed by atoms with Crippen LogP contribution in [0.15, 0.2) is 24.4 Å². The number of nitriles is 1. The number of fused-ring (bicyclic) bond motifs is 1. The maximum atomic E-state index is 12.4. The van der Waals surface area contributed by atoms with Crippen LogP contribution in [0.1, 0.15) is 46.2 Å². The van der Waals surface area contributed by atoms with E-state index in [1.165, 1.54) is 13.3 Å². The van der Waals surface area contributed by atoms with Gasteiger partial charge in [-0.2, -0.15) is 10.4 Å². The highest BCUT2D eigenvalue weighted by Crippen LogP contribution is 2.28. The van der Waals surface area contributed by atoms with Crippen LogP contribution in [0.2, 0.25) is 0 Å². The smallest absolute Gasteiger partial charge is 0.269 e. The molecular weight excluding hydrogens is 412 g/mol. The van der Waals surface area contributed by atoms with Gasteiger partial charge < -0.3 is 9.47 Å². The number of nitrogens with zero attached hydrogens (tertiary/aromatic N) is 4. The molecule has 2 heterocycles. The SMILES string of the molecule is CCOc1ccc(C(=O)NNC(=O)CCc2c(C)nc3c(C#N)cnn3c2C)cc1OC. The Kier molecular flexibility index (Phi) is 6.90. The number of ether oxygens (including phenoxy) is 2. The van der Waals surface area contributed by atoms with Crippen molar-refractivity contribution in [3.8, 4) is 17.6 Å². The maximum Gasteiger partial charge on any atom is 0.269 e. The fourth-order valence-electron chi connectivity index (χ4n) is 3.33. The molecule has 2 amide bonds. The van der Waals surface area contributed by atoms with Crippen LogP contribution in [0.25, 0.3) is 5.65 Å².